The molecule has 1 heterocycles. The molecule has 1 aliphatic rings. The predicted molar refractivity (Wildman–Crippen MR) is 93.7 cm³/mol. The molecular formula is C20H18N2O2. The number of hydrogen-bond acceptors (Lipinski definition) is 3. The van der Waals surface area contributed by atoms with Crippen molar-refractivity contribution in [1.29, 1.82) is 0 Å². The van der Waals surface area contributed by atoms with Crippen molar-refractivity contribution in [3.05, 3.63) is 83.4 Å². The van der Waals surface area contributed by atoms with E-state index in [1.807, 2.05) is 48.5 Å². The van der Waals surface area contributed by atoms with Crippen LogP contribution in [-0.2, 0) is 16.0 Å². The lowest BCUT2D eigenvalue weighted by molar-refractivity contribution is -0.143. The topological polar surface area (TPSA) is 49.7 Å². The predicted octanol–water partition coefficient (Wildman–Crippen LogP) is 3.27. The molecule has 1 aliphatic heterocycles. The number of rotatable bonds is 4. The molecule has 24 heavy (non-hydrogen) atoms. The smallest absolute Gasteiger partial charge is 0.284 e. The van der Waals surface area contributed by atoms with Gasteiger partial charge >= 0.3 is 5.91 Å². The Morgan fingerprint density at radius 2 is 1.88 bits per heavy atom. The molecule has 4 nitrogen and oxygen atoms in total. The SMILES string of the molecule is C=CC(=O)C(=O)N1N=Cc2ccccc2C1c1ccc(CC)cc1. The van der Waals surface area contributed by atoms with Gasteiger partial charge in [0, 0.05) is 5.56 Å². The quantitative estimate of drug-likeness (QED) is 0.642. The Balaban J connectivity index is 2.10. The Morgan fingerprint density at radius 3 is 2.54 bits per heavy atom. The summed E-state index contributed by atoms with van der Waals surface area (Å²) < 4.78 is 0. The number of carbonyl (C=O) groups excluding carboxylic acids is 2. The van der Waals surface area contributed by atoms with Crippen molar-refractivity contribution in [3.8, 4) is 0 Å². The molecule has 0 N–H and O–H groups in total. The number of hydrogen-bond donors (Lipinski definition) is 0. The third-order valence-electron chi connectivity index (χ3n) is 4.16. The van der Waals surface area contributed by atoms with Crippen molar-refractivity contribution in [3.63, 3.8) is 0 Å². The molecule has 1 atom stereocenters. The van der Waals surface area contributed by atoms with E-state index in [9.17, 15) is 9.59 Å². The van der Waals surface area contributed by atoms with Crippen LogP contribution in [0.15, 0.2) is 66.3 Å². The molecule has 0 saturated heterocycles. The number of hydrazone groups is 1. The highest BCUT2D eigenvalue weighted by atomic mass is 16.2. The summed E-state index contributed by atoms with van der Waals surface area (Å²) in [6, 6.07) is 15.4. The van der Waals surface area contributed by atoms with Crippen LogP contribution in [0.5, 0.6) is 0 Å². The lowest BCUT2D eigenvalue weighted by atomic mass is 9.92. The van der Waals surface area contributed by atoms with Gasteiger partial charge in [-0.05, 0) is 29.2 Å². The molecule has 120 valence electrons. The fraction of sp³-hybridized carbons (Fsp3) is 0.150. The van der Waals surface area contributed by atoms with E-state index in [2.05, 4.69) is 18.6 Å². The van der Waals surface area contributed by atoms with Crippen LogP contribution in [0, 0.1) is 0 Å². The van der Waals surface area contributed by atoms with Gasteiger partial charge in [-0.25, -0.2) is 5.01 Å². The van der Waals surface area contributed by atoms with E-state index in [0.717, 1.165) is 29.2 Å². The normalized spacial score (nSPS) is 15.7. The van der Waals surface area contributed by atoms with Gasteiger partial charge < -0.3 is 0 Å². The monoisotopic (exact) mass is 318 g/mol. The first-order valence-electron chi connectivity index (χ1n) is 7.87. The number of fused-ring (bicyclic) bond motifs is 1. The van der Waals surface area contributed by atoms with Crippen LogP contribution in [0.2, 0.25) is 0 Å². The number of benzene rings is 2. The zero-order valence-electron chi connectivity index (χ0n) is 13.5. The van der Waals surface area contributed by atoms with Crippen LogP contribution in [0.25, 0.3) is 0 Å². The average molecular weight is 318 g/mol. The van der Waals surface area contributed by atoms with Crippen molar-refractivity contribution in [2.75, 3.05) is 0 Å². The highest BCUT2D eigenvalue weighted by molar-refractivity contribution is 6.40. The van der Waals surface area contributed by atoms with Crippen molar-refractivity contribution >= 4 is 17.9 Å². The van der Waals surface area contributed by atoms with Gasteiger partial charge in [0.25, 0.3) is 0 Å². The maximum Gasteiger partial charge on any atom is 0.315 e. The number of amides is 1. The molecular weight excluding hydrogens is 300 g/mol. The Morgan fingerprint density at radius 1 is 1.17 bits per heavy atom. The molecule has 0 spiro atoms. The fourth-order valence-electron chi connectivity index (χ4n) is 2.83. The standard InChI is InChI=1S/C20H18N2O2/c1-3-14-9-11-15(12-10-14)19-17-8-6-5-7-16(17)13-21-22(19)20(24)18(23)4-2/h4-13,19H,2-3H2,1H3. The second kappa shape index (κ2) is 6.62. The Hall–Kier alpha value is -3.01. The summed E-state index contributed by atoms with van der Waals surface area (Å²) in [5.41, 5.74) is 4.02. The lowest BCUT2D eigenvalue weighted by Crippen LogP contribution is -2.37. The number of ketones is 1. The van der Waals surface area contributed by atoms with E-state index in [-0.39, 0.29) is 0 Å². The summed E-state index contributed by atoms with van der Waals surface area (Å²) in [5, 5.41) is 5.47. The van der Waals surface area contributed by atoms with Gasteiger partial charge in [0.05, 0.1) is 6.21 Å². The summed E-state index contributed by atoms with van der Waals surface area (Å²) in [7, 11) is 0. The zero-order valence-corrected chi connectivity index (χ0v) is 13.5. The first kappa shape index (κ1) is 15.9. The lowest BCUT2D eigenvalue weighted by Gasteiger charge is -2.31. The highest BCUT2D eigenvalue weighted by Crippen LogP contribution is 2.34. The summed E-state index contributed by atoms with van der Waals surface area (Å²) in [6.45, 7) is 5.48. The molecule has 0 aromatic heterocycles. The van der Waals surface area contributed by atoms with E-state index >= 15 is 0 Å². The van der Waals surface area contributed by atoms with Crippen molar-refractivity contribution in [2.45, 2.75) is 19.4 Å². The van der Waals surface area contributed by atoms with Gasteiger partial charge in [-0.15, -0.1) is 0 Å². The number of carbonyl (C=O) groups is 2. The van der Waals surface area contributed by atoms with Gasteiger partial charge in [0.2, 0.25) is 5.78 Å². The minimum atomic E-state index is -0.680. The van der Waals surface area contributed by atoms with Crippen molar-refractivity contribution in [2.24, 2.45) is 5.10 Å². The zero-order chi connectivity index (χ0) is 17.1. The third kappa shape index (κ3) is 2.78. The van der Waals surface area contributed by atoms with Crippen LogP contribution in [0.4, 0.5) is 0 Å². The molecule has 1 unspecified atom stereocenters. The largest absolute Gasteiger partial charge is 0.315 e. The Kier molecular flexibility index (Phi) is 4.38. The summed E-state index contributed by atoms with van der Waals surface area (Å²) in [6.07, 6.45) is 3.58. The van der Waals surface area contributed by atoms with Gasteiger partial charge in [-0.2, -0.15) is 5.10 Å². The van der Waals surface area contributed by atoms with E-state index in [1.165, 1.54) is 10.6 Å². The van der Waals surface area contributed by atoms with Crippen LogP contribution in [-0.4, -0.2) is 22.9 Å². The van der Waals surface area contributed by atoms with Gasteiger partial charge in [0.1, 0.15) is 6.04 Å². The van der Waals surface area contributed by atoms with Crippen LogP contribution in [0.3, 0.4) is 0 Å². The first-order chi connectivity index (χ1) is 11.7. The summed E-state index contributed by atoms with van der Waals surface area (Å²) >= 11 is 0. The van der Waals surface area contributed by atoms with Crippen molar-refractivity contribution < 1.29 is 9.59 Å². The van der Waals surface area contributed by atoms with Gasteiger partial charge in [-0.1, -0.05) is 62.0 Å². The molecule has 0 fully saturated rings. The molecule has 0 aliphatic carbocycles. The van der Waals surface area contributed by atoms with Crippen molar-refractivity contribution in [1.82, 2.24) is 5.01 Å². The van der Waals surface area contributed by atoms with E-state index < -0.39 is 17.7 Å². The molecule has 0 bridgehead atoms. The second-order valence-electron chi connectivity index (χ2n) is 5.59. The van der Waals surface area contributed by atoms with Gasteiger partial charge in [0.15, 0.2) is 0 Å². The molecule has 0 radical (unpaired) electrons. The van der Waals surface area contributed by atoms with Gasteiger partial charge in [-0.3, -0.25) is 9.59 Å². The van der Waals surface area contributed by atoms with Crippen LogP contribution < -0.4 is 0 Å². The van der Waals surface area contributed by atoms with Crippen LogP contribution >= 0.6 is 0 Å². The number of aryl methyl sites for hydroxylation is 1. The fourth-order valence-corrected chi connectivity index (χ4v) is 2.83. The second-order valence-corrected chi connectivity index (χ2v) is 5.59. The maximum atomic E-state index is 12.4. The minimum Gasteiger partial charge on any atom is -0.284 e. The maximum absolute atomic E-state index is 12.4. The Labute approximate surface area is 141 Å². The highest BCUT2D eigenvalue weighted by Gasteiger charge is 2.33. The summed E-state index contributed by atoms with van der Waals surface area (Å²) in [5.74, 6) is -1.35. The molecule has 2 aromatic rings. The first-order valence-corrected chi connectivity index (χ1v) is 7.87. The molecule has 0 saturated carbocycles. The number of nitrogens with zero attached hydrogens (tertiary/aromatic N) is 2. The Bertz CT molecular complexity index is 822. The molecule has 2 aromatic carbocycles. The minimum absolute atomic E-state index is 0.423. The molecule has 1 amide bonds. The van der Waals surface area contributed by atoms with E-state index in [4.69, 9.17) is 0 Å². The van der Waals surface area contributed by atoms with Crippen LogP contribution in [0.1, 0.15) is 35.2 Å². The van der Waals surface area contributed by atoms with E-state index in [1.54, 1.807) is 6.21 Å². The van der Waals surface area contributed by atoms with E-state index in [0.29, 0.717) is 0 Å². The third-order valence-corrected chi connectivity index (χ3v) is 4.16. The molecule has 3 rings (SSSR count). The molecule has 4 heteroatoms. The average Bonchev–Trinajstić information content (AvgIpc) is 2.66. The summed E-state index contributed by atoms with van der Waals surface area (Å²) in [4.78, 5) is 24.3.